The van der Waals surface area contributed by atoms with E-state index in [0.29, 0.717) is 0 Å². The van der Waals surface area contributed by atoms with Crippen LogP contribution in [0.3, 0.4) is 0 Å². The minimum atomic E-state index is 0.169. The van der Waals surface area contributed by atoms with E-state index in [-0.39, 0.29) is 6.04 Å². The summed E-state index contributed by atoms with van der Waals surface area (Å²) in [6.45, 7) is 2.99. The average molecular weight is 234 g/mol. The second kappa shape index (κ2) is 5.09. The van der Waals surface area contributed by atoms with E-state index in [1.54, 1.807) is 11.0 Å². The van der Waals surface area contributed by atoms with Crippen LogP contribution >= 0.6 is 0 Å². The summed E-state index contributed by atoms with van der Waals surface area (Å²) in [4.78, 5) is 8.64. The molecule has 0 bridgehead atoms. The lowest BCUT2D eigenvalue weighted by Gasteiger charge is -2.16. The fourth-order valence-corrected chi connectivity index (χ4v) is 1.90. The minimum Gasteiger partial charge on any atom is -0.337 e. The van der Waals surface area contributed by atoms with E-state index < -0.39 is 0 Å². The molecule has 0 saturated carbocycles. The molecule has 0 aliphatic rings. The fraction of sp³-hybridized carbons (Fsp3) is 0.545. The maximum atomic E-state index is 4.39. The number of aromatic nitrogens is 5. The molecule has 2 heterocycles. The molecule has 92 valence electrons. The summed E-state index contributed by atoms with van der Waals surface area (Å²) in [5.41, 5.74) is 0. The summed E-state index contributed by atoms with van der Waals surface area (Å²) in [6, 6.07) is 0.169. The highest BCUT2D eigenvalue weighted by Gasteiger charge is 2.17. The first-order chi connectivity index (χ1) is 8.22. The van der Waals surface area contributed by atoms with Crippen LogP contribution in [0.1, 0.15) is 24.6 Å². The topological polar surface area (TPSA) is 60.6 Å². The summed E-state index contributed by atoms with van der Waals surface area (Å²) in [5, 5.41) is 7.51. The third-order valence-electron chi connectivity index (χ3n) is 2.81. The number of nitrogens with one attached hydrogen (secondary N) is 1. The van der Waals surface area contributed by atoms with Gasteiger partial charge in [-0.15, -0.1) is 0 Å². The van der Waals surface area contributed by atoms with Gasteiger partial charge in [0.05, 0.1) is 6.04 Å². The molecular weight excluding hydrogens is 216 g/mol. The molecule has 2 aromatic rings. The van der Waals surface area contributed by atoms with Crippen molar-refractivity contribution in [1.29, 1.82) is 0 Å². The highest BCUT2D eigenvalue weighted by molar-refractivity contribution is 5.03. The van der Waals surface area contributed by atoms with Gasteiger partial charge in [0, 0.05) is 32.9 Å². The molecule has 0 saturated heterocycles. The van der Waals surface area contributed by atoms with Crippen molar-refractivity contribution >= 4 is 0 Å². The van der Waals surface area contributed by atoms with Crippen LogP contribution in [0.25, 0.3) is 0 Å². The van der Waals surface area contributed by atoms with Gasteiger partial charge in [-0.3, -0.25) is 4.68 Å². The van der Waals surface area contributed by atoms with Crippen molar-refractivity contribution < 1.29 is 0 Å². The summed E-state index contributed by atoms with van der Waals surface area (Å²) >= 11 is 0. The van der Waals surface area contributed by atoms with Crippen LogP contribution in [0.4, 0.5) is 0 Å². The zero-order valence-electron chi connectivity index (χ0n) is 10.5. The molecule has 0 amide bonds. The van der Waals surface area contributed by atoms with Crippen molar-refractivity contribution in [2.75, 3.05) is 6.54 Å². The Morgan fingerprint density at radius 1 is 1.35 bits per heavy atom. The minimum absolute atomic E-state index is 0.169. The molecule has 6 heteroatoms. The number of nitrogens with zero attached hydrogens (tertiary/aromatic N) is 5. The SMILES string of the molecule is CCNC(Cc1ncnn1C)c1nccn1C. The van der Waals surface area contributed by atoms with Gasteiger partial charge in [0.15, 0.2) is 0 Å². The Labute approximate surface area is 101 Å². The van der Waals surface area contributed by atoms with Crippen molar-refractivity contribution in [2.45, 2.75) is 19.4 Å². The largest absolute Gasteiger partial charge is 0.337 e. The Hall–Kier alpha value is -1.69. The molecule has 0 radical (unpaired) electrons. The Balaban J connectivity index is 2.19. The Morgan fingerprint density at radius 3 is 2.71 bits per heavy atom. The van der Waals surface area contributed by atoms with Crippen LogP contribution in [0.2, 0.25) is 0 Å². The average Bonchev–Trinajstić information content (AvgIpc) is 2.88. The highest BCUT2D eigenvalue weighted by atomic mass is 15.3. The van der Waals surface area contributed by atoms with Gasteiger partial charge in [0.25, 0.3) is 0 Å². The number of likely N-dealkylation sites (N-methyl/N-ethyl adjacent to an activating group) is 1. The molecule has 2 aromatic heterocycles. The van der Waals surface area contributed by atoms with Crippen molar-refractivity contribution in [2.24, 2.45) is 14.1 Å². The molecule has 1 N–H and O–H groups in total. The van der Waals surface area contributed by atoms with Gasteiger partial charge in [0.2, 0.25) is 0 Å². The van der Waals surface area contributed by atoms with E-state index in [1.807, 2.05) is 31.1 Å². The van der Waals surface area contributed by atoms with E-state index in [1.165, 1.54) is 0 Å². The van der Waals surface area contributed by atoms with Crippen molar-refractivity contribution in [3.63, 3.8) is 0 Å². The van der Waals surface area contributed by atoms with Crippen molar-refractivity contribution in [3.8, 4) is 0 Å². The third-order valence-corrected chi connectivity index (χ3v) is 2.81. The number of imidazole rings is 1. The number of hydrogen-bond donors (Lipinski definition) is 1. The Kier molecular flexibility index (Phi) is 3.53. The van der Waals surface area contributed by atoms with Gasteiger partial charge < -0.3 is 9.88 Å². The first kappa shape index (κ1) is 11.8. The third kappa shape index (κ3) is 2.52. The molecule has 17 heavy (non-hydrogen) atoms. The molecule has 1 atom stereocenters. The smallest absolute Gasteiger partial charge is 0.138 e. The summed E-state index contributed by atoms with van der Waals surface area (Å²) in [7, 11) is 3.91. The molecule has 0 spiro atoms. The maximum absolute atomic E-state index is 4.39. The van der Waals surface area contributed by atoms with Crippen LogP contribution in [0.15, 0.2) is 18.7 Å². The second-order valence-corrected chi connectivity index (χ2v) is 4.01. The molecule has 0 aromatic carbocycles. The van der Waals surface area contributed by atoms with E-state index in [4.69, 9.17) is 0 Å². The van der Waals surface area contributed by atoms with Gasteiger partial charge in [-0.2, -0.15) is 5.10 Å². The van der Waals surface area contributed by atoms with Crippen LogP contribution in [-0.2, 0) is 20.5 Å². The van der Waals surface area contributed by atoms with E-state index in [0.717, 1.165) is 24.6 Å². The standard InChI is InChI=1S/C11H18N6/c1-4-12-9(11-13-5-6-16(11)2)7-10-14-8-15-17(10)3/h5-6,8-9,12H,4,7H2,1-3H3. The van der Waals surface area contributed by atoms with E-state index >= 15 is 0 Å². The second-order valence-electron chi connectivity index (χ2n) is 4.01. The fourth-order valence-electron chi connectivity index (χ4n) is 1.90. The monoisotopic (exact) mass is 234 g/mol. The van der Waals surface area contributed by atoms with Crippen LogP contribution < -0.4 is 5.32 Å². The van der Waals surface area contributed by atoms with Gasteiger partial charge in [-0.1, -0.05) is 6.92 Å². The zero-order chi connectivity index (χ0) is 12.3. The lowest BCUT2D eigenvalue weighted by atomic mass is 10.2. The van der Waals surface area contributed by atoms with E-state index in [9.17, 15) is 0 Å². The first-order valence-corrected chi connectivity index (χ1v) is 5.75. The maximum Gasteiger partial charge on any atom is 0.138 e. The molecule has 0 aliphatic heterocycles. The number of hydrogen-bond acceptors (Lipinski definition) is 4. The van der Waals surface area contributed by atoms with Gasteiger partial charge in [-0.05, 0) is 6.54 Å². The van der Waals surface area contributed by atoms with Crippen molar-refractivity contribution in [3.05, 3.63) is 30.4 Å². The van der Waals surface area contributed by atoms with Gasteiger partial charge in [0.1, 0.15) is 18.0 Å². The molecule has 2 rings (SSSR count). The highest BCUT2D eigenvalue weighted by Crippen LogP contribution is 2.14. The normalized spacial score (nSPS) is 12.9. The molecule has 1 unspecified atom stereocenters. The lowest BCUT2D eigenvalue weighted by molar-refractivity contribution is 0.486. The lowest BCUT2D eigenvalue weighted by Crippen LogP contribution is -2.26. The quantitative estimate of drug-likeness (QED) is 0.815. The molecule has 0 fully saturated rings. The predicted octanol–water partition coefficient (Wildman–Crippen LogP) is 0.442. The molecule has 6 nitrogen and oxygen atoms in total. The summed E-state index contributed by atoms with van der Waals surface area (Å²) in [5.74, 6) is 1.98. The Morgan fingerprint density at radius 2 is 2.18 bits per heavy atom. The summed E-state index contributed by atoms with van der Waals surface area (Å²) in [6.07, 6.45) is 6.14. The number of rotatable bonds is 5. The van der Waals surface area contributed by atoms with Crippen LogP contribution in [-0.4, -0.2) is 30.9 Å². The Bertz CT molecular complexity index is 472. The van der Waals surface area contributed by atoms with Gasteiger partial charge >= 0.3 is 0 Å². The van der Waals surface area contributed by atoms with E-state index in [2.05, 4.69) is 27.3 Å². The zero-order valence-corrected chi connectivity index (χ0v) is 10.5. The predicted molar refractivity (Wildman–Crippen MR) is 64.3 cm³/mol. The summed E-state index contributed by atoms with van der Waals surface area (Å²) < 4.78 is 3.83. The van der Waals surface area contributed by atoms with Gasteiger partial charge in [-0.25, -0.2) is 9.97 Å². The van der Waals surface area contributed by atoms with Crippen LogP contribution in [0, 0.1) is 0 Å². The molecule has 0 aliphatic carbocycles. The van der Waals surface area contributed by atoms with Crippen molar-refractivity contribution in [1.82, 2.24) is 29.6 Å². The number of aryl methyl sites for hydroxylation is 2. The van der Waals surface area contributed by atoms with Crippen LogP contribution in [0.5, 0.6) is 0 Å². The molecular formula is C11H18N6. The first-order valence-electron chi connectivity index (χ1n) is 5.75.